The summed E-state index contributed by atoms with van der Waals surface area (Å²) in [6, 6.07) is 16.5. The number of hydrogen-bond acceptors (Lipinski definition) is 5. The number of rotatable bonds is 3. The van der Waals surface area contributed by atoms with E-state index in [4.69, 9.17) is 16.6 Å². The van der Waals surface area contributed by atoms with Crippen LogP contribution in [0, 0.1) is 0 Å². The monoisotopic (exact) mass is 421 g/mol. The first-order chi connectivity index (χ1) is 14.5. The average molecular weight is 422 g/mol. The van der Waals surface area contributed by atoms with Gasteiger partial charge in [-0.2, -0.15) is 0 Å². The number of likely N-dealkylation sites (N-methyl/N-ethyl adjacent to an activating group) is 2. The highest BCUT2D eigenvalue weighted by molar-refractivity contribution is 6.30. The van der Waals surface area contributed by atoms with Crippen LogP contribution < -0.4 is 4.90 Å². The number of carbonyl (C=O) groups is 2. The maximum Gasteiger partial charge on any atom is 0.328 e. The molecule has 0 saturated carbocycles. The first kappa shape index (κ1) is 18.7. The molecule has 2 aromatic carbocycles. The molecule has 2 unspecified atom stereocenters. The first-order valence-corrected chi connectivity index (χ1v) is 10.2. The Labute approximate surface area is 179 Å². The molecule has 7 nitrogen and oxygen atoms in total. The molecule has 3 heterocycles. The number of carbonyl (C=O) groups excluding carboxylic acids is 2. The molecule has 1 fully saturated rings. The summed E-state index contributed by atoms with van der Waals surface area (Å²) >= 11 is 6.10. The minimum atomic E-state index is -0.585. The molecule has 8 heteroatoms. The molecule has 0 spiro atoms. The summed E-state index contributed by atoms with van der Waals surface area (Å²) in [5, 5.41) is 0.640. The van der Waals surface area contributed by atoms with Gasteiger partial charge in [0.05, 0.1) is 5.70 Å². The quantitative estimate of drug-likeness (QED) is 0.761. The van der Waals surface area contributed by atoms with Crippen molar-refractivity contribution < 1.29 is 9.59 Å². The van der Waals surface area contributed by atoms with E-state index < -0.39 is 12.2 Å². The number of nitrogens with zero attached hydrogens (tertiary/aromatic N) is 5. The Kier molecular flexibility index (Phi) is 4.29. The highest BCUT2D eigenvalue weighted by Gasteiger charge is 2.54. The lowest BCUT2D eigenvalue weighted by Crippen LogP contribution is -2.64. The molecular weight excluding hydrogens is 402 g/mol. The predicted octanol–water partition coefficient (Wildman–Crippen LogP) is 3.44. The summed E-state index contributed by atoms with van der Waals surface area (Å²) in [5.41, 5.74) is 2.79. The second-order valence-electron chi connectivity index (χ2n) is 7.36. The number of imide groups is 1. The zero-order chi connectivity index (χ0) is 21.0. The van der Waals surface area contributed by atoms with E-state index in [1.807, 2.05) is 70.6 Å². The molecule has 2 aromatic rings. The van der Waals surface area contributed by atoms with Gasteiger partial charge in [0, 0.05) is 36.1 Å². The molecule has 0 aliphatic carbocycles. The van der Waals surface area contributed by atoms with Crippen molar-refractivity contribution in [2.75, 3.05) is 18.5 Å². The van der Waals surface area contributed by atoms with E-state index in [0.29, 0.717) is 17.5 Å². The van der Waals surface area contributed by atoms with Gasteiger partial charge in [0.25, 0.3) is 5.91 Å². The predicted molar refractivity (Wildman–Crippen MR) is 116 cm³/mol. The first-order valence-electron chi connectivity index (χ1n) is 9.78. The highest BCUT2D eigenvalue weighted by Crippen LogP contribution is 2.40. The lowest BCUT2D eigenvalue weighted by Gasteiger charge is -2.39. The van der Waals surface area contributed by atoms with E-state index in [2.05, 4.69) is 0 Å². The highest BCUT2D eigenvalue weighted by atomic mass is 35.5. The van der Waals surface area contributed by atoms with Gasteiger partial charge in [-0.15, -0.1) is 0 Å². The molecular formula is C22H20ClN5O2. The van der Waals surface area contributed by atoms with Crippen LogP contribution in [-0.4, -0.2) is 58.4 Å². The third-order valence-corrected chi connectivity index (χ3v) is 5.93. The van der Waals surface area contributed by atoms with E-state index in [1.54, 1.807) is 14.0 Å². The number of hydrogen-bond donors (Lipinski definition) is 0. The van der Waals surface area contributed by atoms with Crippen molar-refractivity contribution in [1.82, 2.24) is 14.7 Å². The molecule has 0 bridgehead atoms. The lowest BCUT2D eigenvalue weighted by atomic mass is 10.1. The maximum absolute atomic E-state index is 13.2. The standard InChI is InChI=1S/C22H20ClN5O2/c1-3-26-20(29)18-19(25(2)22(26)30)24-21-27(18)13-17(14-7-5-4-6-8-14)28(21)16-11-9-15(23)10-12-16/h4-13,18-19H,3H2,1-2H3. The summed E-state index contributed by atoms with van der Waals surface area (Å²) in [7, 11) is 1.69. The normalized spacial score (nSPS) is 22.9. The lowest BCUT2D eigenvalue weighted by molar-refractivity contribution is -0.136. The van der Waals surface area contributed by atoms with Crippen molar-refractivity contribution in [3.63, 3.8) is 0 Å². The molecule has 5 rings (SSSR count). The van der Waals surface area contributed by atoms with Gasteiger partial charge in [-0.05, 0) is 31.2 Å². The summed E-state index contributed by atoms with van der Waals surface area (Å²) in [6.45, 7) is 2.13. The van der Waals surface area contributed by atoms with Crippen LogP contribution in [-0.2, 0) is 4.79 Å². The van der Waals surface area contributed by atoms with Gasteiger partial charge in [0.1, 0.15) is 0 Å². The Bertz CT molecular complexity index is 1080. The second kappa shape index (κ2) is 6.88. The molecule has 3 aliphatic rings. The van der Waals surface area contributed by atoms with Crippen LogP contribution in [0.4, 0.5) is 10.5 Å². The van der Waals surface area contributed by atoms with Gasteiger partial charge in [-0.3, -0.25) is 19.5 Å². The van der Waals surface area contributed by atoms with E-state index in [0.717, 1.165) is 16.9 Å². The van der Waals surface area contributed by atoms with Crippen LogP contribution >= 0.6 is 11.6 Å². The molecule has 3 aliphatic heterocycles. The van der Waals surface area contributed by atoms with Crippen LogP contribution in [0.1, 0.15) is 12.5 Å². The Morgan fingerprint density at radius 3 is 2.40 bits per heavy atom. The van der Waals surface area contributed by atoms with Crippen molar-refractivity contribution in [1.29, 1.82) is 0 Å². The van der Waals surface area contributed by atoms with Gasteiger partial charge in [-0.1, -0.05) is 41.9 Å². The third kappa shape index (κ3) is 2.62. The van der Waals surface area contributed by atoms with Gasteiger partial charge < -0.3 is 4.90 Å². The molecule has 3 amide bonds. The summed E-state index contributed by atoms with van der Waals surface area (Å²) in [4.78, 5) is 37.3. The fourth-order valence-corrected chi connectivity index (χ4v) is 4.31. The van der Waals surface area contributed by atoms with Crippen LogP contribution in [0.5, 0.6) is 0 Å². The number of urea groups is 1. The van der Waals surface area contributed by atoms with Crippen molar-refractivity contribution in [2.24, 2.45) is 4.99 Å². The molecule has 152 valence electrons. The Morgan fingerprint density at radius 1 is 1.03 bits per heavy atom. The number of halogens is 1. The molecule has 30 heavy (non-hydrogen) atoms. The van der Waals surface area contributed by atoms with Crippen molar-refractivity contribution in [3.8, 4) is 0 Å². The summed E-state index contributed by atoms with van der Waals surface area (Å²) in [5.74, 6) is 0.392. The molecule has 0 radical (unpaired) electrons. The Balaban J connectivity index is 1.64. The number of guanidine groups is 1. The summed E-state index contributed by atoms with van der Waals surface area (Å²) < 4.78 is 0. The second-order valence-corrected chi connectivity index (χ2v) is 7.80. The average Bonchev–Trinajstić information content (AvgIpc) is 3.30. The molecule has 0 N–H and O–H groups in total. The van der Waals surface area contributed by atoms with Crippen LogP contribution in [0.2, 0.25) is 5.02 Å². The number of amides is 3. The zero-order valence-electron chi connectivity index (χ0n) is 16.6. The topological polar surface area (TPSA) is 59.5 Å². The van der Waals surface area contributed by atoms with Crippen molar-refractivity contribution in [2.45, 2.75) is 19.1 Å². The van der Waals surface area contributed by atoms with E-state index in [1.165, 1.54) is 9.80 Å². The molecule has 2 atom stereocenters. The van der Waals surface area contributed by atoms with Crippen LogP contribution in [0.3, 0.4) is 0 Å². The largest absolute Gasteiger partial charge is 0.328 e. The number of aliphatic imine (C=N–C) groups is 1. The number of fused-ring (bicyclic) bond motifs is 3. The smallest absolute Gasteiger partial charge is 0.302 e. The molecule has 0 aromatic heterocycles. The third-order valence-electron chi connectivity index (χ3n) is 5.68. The van der Waals surface area contributed by atoms with Gasteiger partial charge in [0.2, 0.25) is 5.96 Å². The van der Waals surface area contributed by atoms with Crippen LogP contribution in [0.25, 0.3) is 5.70 Å². The van der Waals surface area contributed by atoms with Gasteiger partial charge >= 0.3 is 6.03 Å². The summed E-state index contributed by atoms with van der Waals surface area (Å²) in [6.07, 6.45) is 1.38. The fourth-order valence-electron chi connectivity index (χ4n) is 4.18. The van der Waals surface area contributed by atoms with Gasteiger partial charge in [-0.25, -0.2) is 9.79 Å². The minimum Gasteiger partial charge on any atom is -0.302 e. The van der Waals surface area contributed by atoms with Crippen molar-refractivity contribution >= 4 is 40.9 Å². The number of benzene rings is 2. The maximum atomic E-state index is 13.2. The Hall–Kier alpha value is -3.32. The van der Waals surface area contributed by atoms with E-state index in [-0.39, 0.29) is 11.9 Å². The van der Waals surface area contributed by atoms with Gasteiger partial charge in [0.15, 0.2) is 12.2 Å². The van der Waals surface area contributed by atoms with Crippen LogP contribution in [0.15, 0.2) is 65.8 Å². The SMILES string of the molecule is CCN1C(=O)C2C(N=C3N(c4ccc(Cl)cc4)C(c4ccccc4)=CN32)N(C)C1=O. The zero-order valence-corrected chi connectivity index (χ0v) is 17.3. The molecule has 1 saturated heterocycles. The fraction of sp³-hybridized carbons (Fsp3) is 0.227. The minimum absolute atomic E-state index is 0.231. The Morgan fingerprint density at radius 2 is 1.73 bits per heavy atom. The van der Waals surface area contributed by atoms with E-state index >= 15 is 0 Å². The van der Waals surface area contributed by atoms with Crippen molar-refractivity contribution in [3.05, 3.63) is 71.4 Å². The van der Waals surface area contributed by atoms with E-state index in [9.17, 15) is 9.59 Å². The number of anilines is 1.